The Labute approximate surface area is 128 Å². The third-order valence-corrected chi connectivity index (χ3v) is 3.38. The SMILES string of the molecule is CNCc1c(Cl)cccc1OCc1ccc(C(=O)O)cc1. The highest BCUT2D eigenvalue weighted by atomic mass is 35.5. The van der Waals surface area contributed by atoms with Crippen LogP contribution >= 0.6 is 11.6 Å². The second-order valence-corrected chi connectivity index (χ2v) is 4.94. The summed E-state index contributed by atoms with van der Waals surface area (Å²) in [5, 5.41) is 12.6. The summed E-state index contributed by atoms with van der Waals surface area (Å²) in [6.07, 6.45) is 0. The fourth-order valence-electron chi connectivity index (χ4n) is 1.93. The topological polar surface area (TPSA) is 58.6 Å². The Bertz CT molecular complexity index is 626. The zero-order valence-corrected chi connectivity index (χ0v) is 12.4. The van der Waals surface area contributed by atoms with Crippen molar-refractivity contribution in [3.8, 4) is 5.75 Å². The molecular weight excluding hydrogens is 290 g/mol. The van der Waals surface area contributed by atoms with Gasteiger partial charge < -0.3 is 15.2 Å². The van der Waals surface area contributed by atoms with E-state index < -0.39 is 5.97 Å². The highest BCUT2D eigenvalue weighted by Gasteiger charge is 2.08. The number of nitrogens with one attached hydrogen (secondary N) is 1. The van der Waals surface area contributed by atoms with Gasteiger partial charge in [0.2, 0.25) is 0 Å². The van der Waals surface area contributed by atoms with Crippen LogP contribution in [0.1, 0.15) is 21.5 Å². The predicted molar refractivity (Wildman–Crippen MR) is 81.9 cm³/mol. The van der Waals surface area contributed by atoms with E-state index >= 15 is 0 Å². The molecule has 0 radical (unpaired) electrons. The number of ether oxygens (including phenoxy) is 1. The van der Waals surface area contributed by atoms with Crippen LogP contribution in [-0.2, 0) is 13.2 Å². The number of rotatable bonds is 6. The molecule has 2 aromatic rings. The standard InChI is InChI=1S/C16H16ClNO3/c1-18-9-13-14(17)3-2-4-15(13)21-10-11-5-7-12(8-6-11)16(19)20/h2-8,18H,9-10H2,1H3,(H,19,20). The molecule has 0 aromatic heterocycles. The summed E-state index contributed by atoms with van der Waals surface area (Å²) >= 11 is 6.16. The normalized spacial score (nSPS) is 10.4. The van der Waals surface area contributed by atoms with E-state index in [-0.39, 0.29) is 5.56 Å². The van der Waals surface area contributed by atoms with Gasteiger partial charge in [0.15, 0.2) is 0 Å². The zero-order valence-electron chi connectivity index (χ0n) is 11.6. The minimum absolute atomic E-state index is 0.261. The van der Waals surface area contributed by atoms with E-state index in [4.69, 9.17) is 21.4 Å². The van der Waals surface area contributed by atoms with Crippen molar-refractivity contribution >= 4 is 17.6 Å². The number of benzene rings is 2. The van der Waals surface area contributed by atoms with Crippen LogP contribution in [0.15, 0.2) is 42.5 Å². The second-order valence-electron chi connectivity index (χ2n) is 4.54. The van der Waals surface area contributed by atoms with Crippen LogP contribution in [0.5, 0.6) is 5.75 Å². The van der Waals surface area contributed by atoms with Crippen LogP contribution < -0.4 is 10.1 Å². The van der Waals surface area contributed by atoms with Crippen molar-refractivity contribution in [2.75, 3.05) is 7.05 Å². The van der Waals surface area contributed by atoms with Crippen molar-refractivity contribution in [3.05, 3.63) is 64.2 Å². The highest BCUT2D eigenvalue weighted by Crippen LogP contribution is 2.27. The van der Waals surface area contributed by atoms with E-state index in [1.54, 1.807) is 24.3 Å². The first-order valence-corrected chi connectivity index (χ1v) is 6.86. The molecule has 0 aliphatic carbocycles. The first kappa shape index (κ1) is 15.4. The number of hydrogen-bond donors (Lipinski definition) is 2. The summed E-state index contributed by atoms with van der Waals surface area (Å²) in [5.74, 6) is -0.215. The number of hydrogen-bond acceptors (Lipinski definition) is 3. The molecule has 5 heteroatoms. The maximum absolute atomic E-state index is 10.8. The highest BCUT2D eigenvalue weighted by molar-refractivity contribution is 6.31. The molecule has 0 saturated carbocycles. The molecule has 0 amide bonds. The van der Waals surface area contributed by atoms with E-state index in [0.29, 0.717) is 18.2 Å². The van der Waals surface area contributed by atoms with Gasteiger partial charge in [-0.1, -0.05) is 29.8 Å². The Morgan fingerprint density at radius 1 is 1.24 bits per heavy atom. The summed E-state index contributed by atoms with van der Waals surface area (Å²) in [5.41, 5.74) is 2.07. The van der Waals surface area contributed by atoms with E-state index in [0.717, 1.165) is 16.9 Å². The number of carboxylic acids is 1. The van der Waals surface area contributed by atoms with Crippen LogP contribution in [0, 0.1) is 0 Å². The van der Waals surface area contributed by atoms with Crippen LogP contribution in [-0.4, -0.2) is 18.1 Å². The first-order valence-electron chi connectivity index (χ1n) is 6.49. The molecule has 21 heavy (non-hydrogen) atoms. The molecule has 2 N–H and O–H groups in total. The summed E-state index contributed by atoms with van der Waals surface area (Å²) in [6.45, 7) is 0.976. The minimum atomic E-state index is -0.936. The van der Waals surface area contributed by atoms with Gasteiger partial charge in [-0.05, 0) is 36.9 Å². The molecule has 0 atom stereocenters. The Morgan fingerprint density at radius 2 is 1.95 bits per heavy atom. The summed E-state index contributed by atoms with van der Waals surface area (Å²) < 4.78 is 5.79. The van der Waals surface area contributed by atoms with Gasteiger partial charge in [-0.25, -0.2) is 4.79 Å². The maximum Gasteiger partial charge on any atom is 0.335 e. The molecule has 110 valence electrons. The van der Waals surface area contributed by atoms with Crippen molar-refractivity contribution in [2.45, 2.75) is 13.2 Å². The molecule has 0 saturated heterocycles. The molecule has 0 heterocycles. The quantitative estimate of drug-likeness (QED) is 0.859. The smallest absolute Gasteiger partial charge is 0.335 e. The number of halogens is 1. The average molecular weight is 306 g/mol. The monoisotopic (exact) mass is 305 g/mol. The molecule has 0 aliphatic rings. The molecule has 0 fully saturated rings. The Balaban J connectivity index is 2.09. The van der Waals surface area contributed by atoms with E-state index in [1.807, 2.05) is 25.2 Å². The predicted octanol–water partition coefficient (Wildman–Crippen LogP) is 3.34. The lowest BCUT2D eigenvalue weighted by molar-refractivity contribution is 0.0697. The minimum Gasteiger partial charge on any atom is -0.489 e. The van der Waals surface area contributed by atoms with Crippen molar-refractivity contribution in [2.24, 2.45) is 0 Å². The van der Waals surface area contributed by atoms with E-state index in [9.17, 15) is 4.79 Å². The van der Waals surface area contributed by atoms with Gasteiger partial charge >= 0.3 is 5.97 Å². The van der Waals surface area contributed by atoms with Crippen molar-refractivity contribution in [3.63, 3.8) is 0 Å². The van der Waals surface area contributed by atoms with Crippen LogP contribution in [0.25, 0.3) is 0 Å². The Morgan fingerprint density at radius 3 is 2.57 bits per heavy atom. The molecule has 2 aromatic carbocycles. The lowest BCUT2D eigenvalue weighted by Gasteiger charge is -2.13. The average Bonchev–Trinajstić information content (AvgIpc) is 2.48. The first-order chi connectivity index (χ1) is 10.1. The molecule has 0 aliphatic heterocycles. The molecule has 0 bridgehead atoms. The van der Waals surface area contributed by atoms with Gasteiger partial charge in [0.25, 0.3) is 0 Å². The van der Waals surface area contributed by atoms with Gasteiger partial charge in [-0.15, -0.1) is 0 Å². The fraction of sp³-hybridized carbons (Fsp3) is 0.188. The number of carboxylic acid groups (broad SMARTS) is 1. The van der Waals surface area contributed by atoms with E-state index in [1.165, 1.54) is 0 Å². The lowest BCUT2D eigenvalue weighted by atomic mass is 10.1. The van der Waals surface area contributed by atoms with Crippen molar-refractivity contribution < 1.29 is 14.6 Å². The van der Waals surface area contributed by atoms with Crippen LogP contribution in [0.2, 0.25) is 5.02 Å². The zero-order chi connectivity index (χ0) is 15.2. The van der Waals surface area contributed by atoms with Crippen molar-refractivity contribution in [1.82, 2.24) is 5.32 Å². The Kier molecular flexibility index (Phi) is 5.20. The maximum atomic E-state index is 10.8. The van der Waals surface area contributed by atoms with Crippen LogP contribution in [0.3, 0.4) is 0 Å². The van der Waals surface area contributed by atoms with Gasteiger partial charge in [-0.2, -0.15) is 0 Å². The van der Waals surface area contributed by atoms with Crippen LogP contribution in [0.4, 0.5) is 0 Å². The van der Waals surface area contributed by atoms with Gasteiger partial charge in [0, 0.05) is 17.1 Å². The lowest BCUT2D eigenvalue weighted by Crippen LogP contribution is -2.08. The third kappa shape index (κ3) is 3.97. The van der Waals surface area contributed by atoms with Gasteiger partial charge in [-0.3, -0.25) is 0 Å². The third-order valence-electron chi connectivity index (χ3n) is 3.02. The Hall–Kier alpha value is -2.04. The van der Waals surface area contributed by atoms with E-state index in [2.05, 4.69) is 5.32 Å². The largest absolute Gasteiger partial charge is 0.489 e. The van der Waals surface area contributed by atoms with Gasteiger partial charge in [0.05, 0.1) is 5.56 Å². The summed E-state index contributed by atoms with van der Waals surface area (Å²) in [4.78, 5) is 10.8. The number of carbonyl (C=O) groups is 1. The fourth-order valence-corrected chi connectivity index (χ4v) is 2.16. The second kappa shape index (κ2) is 7.11. The van der Waals surface area contributed by atoms with Gasteiger partial charge in [0.1, 0.15) is 12.4 Å². The van der Waals surface area contributed by atoms with Crippen molar-refractivity contribution in [1.29, 1.82) is 0 Å². The molecule has 0 unspecified atom stereocenters. The molecule has 0 spiro atoms. The molecule has 4 nitrogen and oxygen atoms in total. The number of aromatic carboxylic acids is 1. The molecular formula is C16H16ClNO3. The summed E-state index contributed by atoms with van der Waals surface area (Å²) in [7, 11) is 1.84. The molecule has 2 rings (SSSR count). The summed E-state index contributed by atoms with van der Waals surface area (Å²) in [6, 6.07) is 12.1.